The summed E-state index contributed by atoms with van der Waals surface area (Å²) in [6, 6.07) is 0.123. The monoisotopic (exact) mass is 446 g/mol. The van der Waals surface area contributed by atoms with Gasteiger partial charge in [0.05, 0.1) is 0 Å². The fourth-order valence-electron chi connectivity index (χ4n) is 6.08. The van der Waals surface area contributed by atoms with Gasteiger partial charge in [0.15, 0.2) is 0 Å². The first-order chi connectivity index (χ1) is 15.4. The second kappa shape index (κ2) is 10.2. The van der Waals surface area contributed by atoms with Crippen molar-refractivity contribution >= 4 is 23.6 Å². The molecule has 4 rings (SSSR count). The lowest BCUT2D eigenvalue weighted by Gasteiger charge is -2.38. The Bertz CT molecular complexity index is 742. The number of likely N-dealkylation sites (tertiary alicyclic amines) is 4. The van der Waals surface area contributed by atoms with Crippen LogP contribution in [0.25, 0.3) is 0 Å². The minimum atomic E-state index is 0.0149. The highest BCUT2D eigenvalue weighted by atomic mass is 16.2. The first-order valence-electron chi connectivity index (χ1n) is 12.6. The van der Waals surface area contributed by atoms with Gasteiger partial charge in [0.1, 0.15) is 0 Å². The molecule has 4 fully saturated rings. The van der Waals surface area contributed by atoms with Crippen LogP contribution in [0, 0.1) is 0 Å². The van der Waals surface area contributed by atoms with Gasteiger partial charge in [-0.25, -0.2) is 0 Å². The van der Waals surface area contributed by atoms with Gasteiger partial charge in [0.25, 0.3) is 0 Å². The summed E-state index contributed by atoms with van der Waals surface area (Å²) < 4.78 is 0. The summed E-state index contributed by atoms with van der Waals surface area (Å²) in [7, 11) is 0. The topological polar surface area (TPSA) is 81.2 Å². The molecular formula is C24H38N4O4. The summed E-state index contributed by atoms with van der Waals surface area (Å²) >= 11 is 0. The van der Waals surface area contributed by atoms with E-state index in [9.17, 15) is 19.2 Å². The zero-order chi connectivity index (χ0) is 22.7. The van der Waals surface area contributed by atoms with Crippen LogP contribution in [-0.4, -0.2) is 94.1 Å². The molecule has 3 unspecified atom stereocenters. The predicted molar refractivity (Wildman–Crippen MR) is 120 cm³/mol. The van der Waals surface area contributed by atoms with Crippen molar-refractivity contribution in [3.05, 3.63) is 0 Å². The van der Waals surface area contributed by atoms with Crippen molar-refractivity contribution in [3.8, 4) is 0 Å². The number of amides is 4. The molecule has 4 aliphatic heterocycles. The normalized spacial score (nSPS) is 24.9. The summed E-state index contributed by atoms with van der Waals surface area (Å²) in [4.78, 5) is 57.6. The van der Waals surface area contributed by atoms with Crippen molar-refractivity contribution in [3.63, 3.8) is 0 Å². The molecule has 0 aromatic carbocycles. The van der Waals surface area contributed by atoms with Crippen molar-refractivity contribution in [1.82, 2.24) is 19.6 Å². The zero-order valence-corrected chi connectivity index (χ0v) is 19.5. The first-order valence-corrected chi connectivity index (χ1v) is 12.6. The molecule has 178 valence electrons. The molecule has 0 aliphatic carbocycles. The van der Waals surface area contributed by atoms with Crippen LogP contribution in [-0.2, 0) is 19.2 Å². The Hall–Kier alpha value is -2.12. The minimum Gasteiger partial charge on any atom is -0.343 e. The lowest BCUT2D eigenvalue weighted by molar-refractivity contribution is -0.132. The predicted octanol–water partition coefficient (Wildman–Crippen LogP) is 1.77. The second-order valence-electron chi connectivity index (χ2n) is 9.97. The van der Waals surface area contributed by atoms with Gasteiger partial charge in [0, 0.05) is 76.5 Å². The standard InChI is InChI=1S/C24H38N4O4/c1-18(26-12-3-7-22(26)30)16-20(28-14-5-9-24(28)32)17-19(27-13-4-8-23(27)31)10-15-25-11-2-6-21(25)29/h18-20H,2-17H2,1H3. The van der Waals surface area contributed by atoms with E-state index in [-0.39, 0.29) is 41.8 Å². The molecule has 4 heterocycles. The van der Waals surface area contributed by atoms with E-state index in [1.54, 1.807) is 0 Å². The van der Waals surface area contributed by atoms with E-state index in [1.165, 1.54) is 0 Å². The lowest BCUT2D eigenvalue weighted by atomic mass is 9.95. The summed E-state index contributed by atoms with van der Waals surface area (Å²) in [5, 5.41) is 0. The van der Waals surface area contributed by atoms with Crippen molar-refractivity contribution < 1.29 is 19.2 Å². The van der Waals surface area contributed by atoms with E-state index >= 15 is 0 Å². The van der Waals surface area contributed by atoms with E-state index in [1.807, 2.05) is 19.6 Å². The number of hydrogen-bond acceptors (Lipinski definition) is 4. The summed E-state index contributed by atoms with van der Waals surface area (Å²) in [6.07, 6.45) is 8.23. The maximum absolute atomic E-state index is 12.7. The Morgan fingerprint density at radius 1 is 0.625 bits per heavy atom. The Morgan fingerprint density at radius 2 is 1.12 bits per heavy atom. The van der Waals surface area contributed by atoms with Crippen molar-refractivity contribution in [1.29, 1.82) is 0 Å². The third-order valence-corrected chi connectivity index (χ3v) is 7.80. The molecule has 4 amide bonds. The van der Waals surface area contributed by atoms with E-state index in [0.717, 1.165) is 71.1 Å². The van der Waals surface area contributed by atoms with Crippen LogP contribution in [0.5, 0.6) is 0 Å². The number of rotatable bonds is 10. The van der Waals surface area contributed by atoms with Gasteiger partial charge in [0.2, 0.25) is 23.6 Å². The van der Waals surface area contributed by atoms with E-state index in [2.05, 4.69) is 6.92 Å². The smallest absolute Gasteiger partial charge is 0.222 e. The first kappa shape index (κ1) is 23.1. The molecule has 4 saturated heterocycles. The quantitative estimate of drug-likeness (QED) is 0.512. The van der Waals surface area contributed by atoms with E-state index in [0.29, 0.717) is 32.2 Å². The fraction of sp³-hybridized carbons (Fsp3) is 0.833. The minimum absolute atomic E-state index is 0.0149. The van der Waals surface area contributed by atoms with Crippen molar-refractivity contribution in [2.75, 3.05) is 32.7 Å². The van der Waals surface area contributed by atoms with Crippen LogP contribution in [0.2, 0.25) is 0 Å². The molecule has 0 spiro atoms. The van der Waals surface area contributed by atoms with Gasteiger partial charge in [-0.15, -0.1) is 0 Å². The Labute approximate surface area is 191 Å². The zero-order valence-electron chi connectivity index (χ0n) is 19.5. The lowest BCUT2D eigenvalue weighted by Crippen LogP contribution is -2.48. The highest BCUT2D eigenvalue weighted by Crippen LogP contribution is 2.28. The Kier molecular flexibility index (Phi) is 7.36. The van der Waals surface area contributed by atoms with E-state index in [4.69, 9.17) is 0 Å². The maximum Gasteiger partial charge on any atom is 0.222 e. The molecule has 8 heteroatoms. The van der Waals surface area contributed by atoms with Crippen LogP contribution in [0.15, 0.2) is 0 Å². The van der Waals surface area contributed by atoms with Crippen LogP contribution < -0.4 is 0 Å². The molecular weight excluding hydrogens is 408 g/mol. The molecule has 0 saturated carbocycles. The van der Waals surface area contributed by atoms with Crippen molar-refractivity contribution in [2.24, 2.45) is 0 Å². The number of carbonyl (C=O) groups excluding carboxylic acids is 4. The van der Waals surface area contributed by atoms with Crippen LogP contribution in [0.1, 0.15) is 77.6 Å². The third kappa shape index (κ3) is 5.09. The van der Waals surface area contributed by atoms with Crippen LogP contribution in [0.4, 0.5) is 0 Å². The Balaban J connectivity index is 1.48. The maximum atomic E-state index is 12.7. The second-order valence-corrected chi connectivity index (χ2v) is 9.97. The van der Waals surface area contributed by atoms with Crippen LogP contribution >= 0.6 is 0 Å². The summed E-state index contributed by atoms with van der Waals surface area (Å²) in [6.45, 7) is 5.89. The molecule has 8 nitrogen and oxygen atoms in total. The SMILES string of the molecule is CC(CC(CC(CCN1CCCC1=O)N1CCCC1=O)N1CCCC1=O)N1CCCC1=O. The number of carbonyl (C=O) groups is 4. The van der Waals surface area contributed by atoms with Gasteiger partial charge < -0.3 is 19.6 Å². The van der Waals surface area contributed by atoms with Gasteiger partial charge in [-0.2, -0.15) is 0 Å². The van der Waals surface area contributed by atoms with Gasteiger partial charge in [-0.1, -0.05) is 0 Å². The van der Waals surface area contributed by atoms with E-state index < -0.39 is 0 Å². The van der Waals surface area contributed by atoms with Gasteiger partial charge >= 0.3 is 0 Å². The fourth-order valence-corrected chi connectivity index (χ4v) is 6.08. The third-order valence-electron chi connectivity index (χ3n) is 7.80. The largest absolute Gasteiger partial charge is 0.343 e. The average Bonchev–Trinajstić information content (AvgIpc) is 3.55. The Morgan fingerprint density at radius 3 is 1.62 bits per heavy atom. The summed E-state index contributed by atoms with van der Waals surface area (Å²) in [5.41, 5.74) is 0. The molecule has 0 aromatic rings. The summed E-state index contributed by atoms with van der Waals surface area (Å²) in [5.74, 6) is 0.805. The molecule has 0 N–H and O–H groups in total. The van der Waals surface area contributed by atoms with Crippen LogP contribution in [0.3, 0.4) is 0 Å². The highest BCUT2D eigenvalue weighted by molar-refractivity contribution is 5.80. The van der Waals surface area contributed by atoms with Gasteiger partial charge in [-0.05, 0) is 51.9 Å². The molecule has 32 heavy (non-hydrogen) atoms. The molecule has 0 aromatic heterocycles. The number of hydrogen-bond donors (Lipinski definition) is 0. The molecule has 0 bridgehead atoms. The van der Waals surface area contributed by atoms with Gasteiger partial charge in [-0.3, -0.25) is 19.2 Å². The average molecular weight is 447 g/mol. The molecule has 3 atom stereocenters. The van der Waals surface area contributed by atoms with Crippen molar-refractivity contribution in [2.45, 2.75) is 95.7 Å². The molecule has 4 aliphatic rings. The highest BCUT2D eigenvalue weighted by Gasteiger charge is 2.37. The molecule has 0 radical (unpaired) electrons. The number of nitrogens with zero attached hydrogens (tertiary/aromatic N) is 4.